The number of nitrogens with one attached hydrogen (secondary N) is 2. The molecule has 1 aliphatic heterocycles. The first-order chi connectivity index (χ1) is 18.0. The van der Waals surface area contributed by atoms with Crippen LogP contribution in [0.2, 0.25) is 0 Å². The lowest BCUT2D eigenvalue weighted by atomic mass is 10.0. The van der Waals surface area contributed by atoms with Crippen molar-refractivity contribution in [2.75, 3.05) is 13.2 Å². The second-order valence-corrected chi connectivity index (χ2v) is 11.0. The molecule has 1 fully saturated rings. The third kappa shape index (κ3) is 8.92. The number of hydrogen-bond donors (Lipinski definition) is 9. The third-order valence-electron chi connectivity index (χ3n) is 5.10. The molecule has 0 spiro atoms. The van der Waals surface area contributed by atoms with E-state index in [1.807, 2.05) is 10.3 Å². The maximum atomic E-state index is 13.2. The molecule has 1 amide bonds. The molecule has 1 saturated heterocycles. The molecule has 9 atom stereocenters. The number of carbonyl (C=O) groups excluding carboxylic acids is 2. The van der Waals surface area contributed by atoms with Gasteiger partial charge in [-0.1, -0.05) is 0 Å². The van der Waals surface area contributed by atoms with E-state index >= 15 is 0 Å². The fourth-order valence-corrected chi connectivity index (χ4v) is 5.68. The zero-order valence-corrected chi connectivity index (χ0v) is 21.6. The molecule has 1 aromatic rings. The molecule has 2 rings (SSSR count). The molecule has 1 unspecified atom stereocenters. The number of nitrogens with zero attached hydrogens (tertiary/aromatic N) is 1. The molecule has 22 heteroatoms. The van der Waals surface area contributed by atoms with E-state index in [1.54, 1.807) is 0 Å². The average molecular weight is 607 g/mol. The van der Waals surface area contributed by atoms with Crippen LogP contribution in [0.5, 0.6) is 0 Å². The van der Waals surface area contributed by atoms with Gasteiger partial charge in [-0.2, -0.15) is 4.31 Å². The third-order valence-corrected chi connectivity index (χ3v) is 7.72. The molecule has 2 heterocycles. The van der Waals surface area contributed by atoms with E-state index in [9.17, 15) is 63.6 Å². The summed E-state index contributed by atoms with van der Waals surface area (Å²) in [6.45, 7) is -1.41. The minimum Gasteiger partial charge on any atom is -0.394 e. The second kappa shape index (κ2) is 13.5. The molecule has 9 N–H and O–H groups in total. The second-order valence-electron chi connectivity index (χ2n) is 8.05. The van der Waals surface area contributed by atoms with Gasteiger partial charge in [-0.05, 0) is 0 Å². The van der Waals surface area contributed by atoms with Crippen molar-refractivity contribution in [3.05, 3.63) is 33.1 Å². The van der Waals surface area contributed by atoms with E-state index in [0.29, 0.717) is 4.57 Å². The Morgan fingerprint density at radius 2 is 1.90 bits per heavy atom. The van der Waals surface area contributed by atoms with Crippen molar-refractivity contribution in [3.8, 4) is 0 Å². The zero-order valence-electron chi connectivity index (χ0n) is 19.8. The summed E-state index contributed by atoms with van der Waals surface area (Å²) in [6, 6.07) is -0.946. The molecule has 1 aliphatic rings. The van der Waals surface area contributed by atoms with Crippen LogP contribution in [0.15, 0.2) is 21.9 Å². The van der Waals surface area contributed by atoms with Gasteiger partial charge in [0, 0.05) is 19.2 Å². The number of rotatable bonds is 14. The van der Waals surface area contributed by atoms with Crippen molar-refractivity contribution >= 4 is 27.8 Å². The van der Waals surface area contributed by atoms with Gasteiger partial charge >= 0.3 is 21.3 Å². The standard InChI is InChI=1S/C17H27N3O17P2/c1-7(23)18-8(4-21)12(26)15(9(24)5-22)36-39(33,37-38(30,31)32)34-6-10-13(27)14(28)16(35-10)20-3-2-11(25)19-17(20)29/h2-4,8-10,12-16,22,24,26-28H,5-6H2,1H3,(H,18,23)(H,19,25,29)(H2,30,31,32)/t8-,9+,10+,12+,13+,14+,15+,16+,39?/m0/s1. The topological polar surface area (TPSA) is 314 Å². The molecule has 0 saturated carbocycles. The molecule has 0 radical (unpaired) electrons. The highest BCUT2D eigenvalue weighted by molar-refractivity contribution is 7.61. The first-order valence-electron chi connectivity index (χ1n) is 10.7. The molecule has 1 aromatic heterocycles. The maximum absolute atomic E-state index is 13.2. The molecular weight excluding hydrogens is 580 g/mol. The van der Waals surface area contributed by atoms with Crippen LogP contribution in [0.25, 0.3) is 0 Å². The summed E-state index contributed by atoms with van der Waals surface area (Å²) in [6.07, 6.45) is -13.0. The Hall–Kier alpha value is -2.16. The number of hydrogen-bond acceptors (Lipinski definition) is 15. The predicted molar refractivity (Wildman–Crippen MR) is 122 cm³/mol. The molecule has 20 nitrogen and oxygen atoms in total. The van der Waals surface area contributed by atoms with Crippen LogP contribution in [-0.4, -0.2) is 113 Å². The predicted octanol–water partition coefficient (Wildman–Crippen LogP) is -4.81. The number of aromatic nitrogens is 2. The summed E-state index contributed by atoms with van der Waals surface area (Å²) in [7, 11) is -11.4. The van der Waals surface area contributed by atoms with E-state index in [0.717, 1.165) is 19.2 Å². The largest absolute Gasteiger partial charge is 0.484 e. The van der Waals surface area contributed by atoms with Crippen LogP contribution in [0.4, 0.5) is 0 Å². The number of aldehydes is 1. The van der Waals surface area contributed by atoms with Gasteiger partial charge in [0.2, 0.25) is 5.91 Å². The maximum Gasteiger partial charge on any atom is 0.484 e. The number of H-pyrrole nitrogens is 1. The van der Waals surface area contributed by atoms with E-state index in [2.05, 4.69) is 4.31 Å². The van der Waals surface area contributed by atoms with Crippen molar-refractivity contribution in [2.24, 2.45) is 0 Å². The number of aliphatic hydroxyl groups excluding tert-OH is 5. The van der Waals surface area contributed by atoms with E-state index in [1.165, 1.54) is 0 Å². The van der Waals surface area contributed by atoms with Crippen molar-refractivity contribution in [1.82, 2.24) is 14.9 Å². The highest BCUT2D eigenvalue weighted by Gasteiger charge is 2.48. The number of phosphoric ester groups is 1. The lowest BCUT2D eigenvalue weighted by Gasteiger charge is -2.32. The van der Waals surface area contributed by atoms with Crippen LogP contribution in [0, 0.1) is 0 Å². The minimum absolute atomic E-state index is 0.0227. The summed E-state index contributed by atoms with van der Waals surface area (Å²) in [4.78, 5) is 66.1. The summed E-state index contributed by atoms with van der Waals surface area (Å²) in [5, 5.41) is 52.3. The van der Waals surface area contributed by atoms with Gasteiger partial charge in [-0.15, -0.1) is 0 Å². The number of aromatic amines is 1. The van der Waals surface area contributed by atoms with Gasteiger partial charge in [-0.3, -0.25) is 28.2 Å². The van der Waals surface area contributed by atoms with Gasteiger partial charge in [0.25, 0.3) is 5.56 Å². The van der Waals surface area contributed by atoms with Gasteiger partial charge in [-0.25, -0.2) is 13.9 Å². The van der Waals surface area contributed by atoms with Gasteiger partial charge in [0.05, 0.1) is 13.2 Å². The van der Waals surface area contributed by atoms with E-state index < -0.39 is 94.9 Å². The SMILES string of the molecule is CC(=O)N[C@@H](C=O)[C@@H](O)[C@H](OP(=O)(OC[C@H]1O[C@@H](n2ccc(=O)[nH]c2=O)[C@H](O)[C@@H]1O)OP(=O)(O)O)[C@H](O)CO. The first kappa shape index (κ1) is 33.0. The number of carbonyl (C=O) groups is 2. The number of ether oxygens (including phenoxy) is 1. The Morgan fingerprint density at radius 1 is 1.26 bits per heavy atom. The highest BCUT2D eigenvalue weighted by atomic mass is 31.3. The number of phosphoric acid groups is 2. The lowest BCUT2D eigenvalue weighted by Crippen LogP contribution is -2.53. The Bertz CT molecular complexity index is 1220. The highest BCUT2D eigenvalue weighted by Crippen LogP contribution is 2.62. The minimum atomic E-state index is -5.74. The quantitative estimate of drug-likeness (QED) is 0.0707. The summed E-state index contributed by atoms with van der Waals surface area (Å²) in [5.41, 5.74) is -1.83. The van der Waals surface area contributed by atoms with Crippen LogP contribution in [0.1, 0.15) is 13.2 Å². The Balaban J connectivity index is 2.31. The summed E-state index contributed by atoms with van der Waals surface area (Å²) in [5.74, 6) is -0.851. The van der Waals surface area contributed by atoms with Crippen LogP contribution in [0.3, 0.4) is 0 Å². The average Bonchev–Trinajstić information content (AvgIpc) is 3.11. The van der Waals surface area contributed by atoms with Gasteiger partial charge < -0.3 is 50.2 Å². The van der Waals surface area contributed by atoms with Crippen molar-refractivity contribution < 1.29 is 72.1 Å². The molecule has 0 aromatic carbocycles. The number of amides is 1. The van der Waals surface area contributed by atoms with Crippen LogP contribution >= 0.6 is 15.6 Å². The smallest absolute Gasteiger partial charge is 0.394 e. The number of aliphatic hydroxyl groups is 5. The normalized spacial score (nSPS) is 26.3. The van der Waals surface area contributed by atoms with E-state index in [4.69, 9.17) is 13.8 Å². The lowest BCUT2D eigenvalue weighted by molar-refractivity contribution is -0.129. The Kier molecular flexibility index (Phi) is 11.4. The van der Waals surface area contributed by atoms with Gasteiger partial charge in [0.15, 0.2) is 6.23 Å². The fourth-order valence-electron chi connectivity index (χ4n) is 3.34. The van der Waals surface area contributed by atoms with Gasteiger partial charge in [0.1, 0.15) is 49.0 Å². The Labute approximate surface area is 217 Å². The molecule has 39 heavy (non-hydrogen) atoms. The molecule has 0 bridgehead atoms. The van der Waals surface area contributed by atoms with Crippen molar-refractivity contribution in [3.63, 3.8) is 0 Å². The zero-order chi connectivity index (χ0) is 29.7. The van der Waals surface area contributed by atoms with Crippen LogP contribution < -0.4 is 16.6 Å². The first-order valence-corrected chi connectivity index (χ1v) is 13.7. The molecule has 222 valence electrons. The summed E-state index contributed by atoms with van der Waals surface area (Å²) >= 11 is 0. The summed E-state index contributed by atoms with van der Waals surface area (Å²) < 4.78 is 44.3. The van der Waals surface area contributed by atoms with Crippen molar-refractivity contribution in [2.45, 2.75) is 55.8 Å². The monoisotopic (exact) mass is 607 g/mol. The van der Waals surface area contributed by atoms with E-state index in [-0.39, 0.29) is 6.29 Å². The van der Waals surface area contributed by atoms with Crippen LogP contribution in [-0.2, 0) is 36.8 Å². The Morgan fingerprint density at radius 3 is 2.41 bits per heavy atom. The fraction of sp³-hybridized carbons (Fsp3) is 0.647. The molecular formula is C17H27N3O17P2. The molecule has 0 aliphatic carbocycles. The van der Waals surface area contributed by atoms with Crippen molar-refractivity contribution in [1.29, 1.82) is 0 Å².